The van der Waals surface area contributed by atoms with E-state index in [1.54, 1.807) is 0 Å². The third-order valence-corrected chi connectivity index (χ3v) is 14.9. The van der Waals surface area contributed by atoms with Gasteiger partial charge in [0.15, 0.2) is 6.10 Å². The summed E-state index contributed by atoms with van der Waals surface area (Å²) in [6.45, 7) is 4.15. The first-order valence-corrected chi connectivity index (χ1v) is 32.5. The molecule has 424 valence electrons. The number of rotatable bonds is 61. The zero-order valence-electron chi connectivity index (χ0n) is 48.7. The average Bonchev–Trinajstić information content (AvgIpc) is 3.38. The molecule has 0 aromatic carbocycles. The summed E-state index contributed by atoms with van der Waals surface area (Å²) in [5, 5.41) is 9.66. The molecule has 0 aliphatic heterocycles. The SMILES string of the molecule is CCCCC/C=C\C/C=C\C/C=C\CCCCCCCCC(=O)OC(CO)COC(=O)CCCCCCCCCCCCCCCCCCCCCCCCCCCCCCCCCCCCCCCCC. The van der Waals surface area contributed by atoms with Crippen LogP contribution in [0.2, 0.25) is 0 Å². The second-order valence-electron chi connectivity index (χ2n) is 22.2. The van der Waals surface area contributed by atoms with Crippen molar-refractivity contribution in [2.24, 2.45) is 0 Å². The van der Waals surface area contributed by atoms with E-state index in [2.05, 4.69) is 50.3 Å². The largest absolute Gasteiger partial charge is 0.462 e. The number of carbonyl (C=O) groups is 2. The first-order valence-electron chi connectivity index (χ1n) is 32.5. The molecule has 0 fully saturated rings. The molecular weight excluding hydrogens is 885 g/mol. The Kier molecular flexibility index (Phi) is 61.8. The molecule has 0 heterocycles. The van der Waals surface area contributed by atoms with Crippen LogP contribution < -0.4 is 0 Å². The summed E-state index contributed by atoms with van der Waals surface area (Å²) in [5.74, 6) is -0.589. The van der Waals surface area contributed by atoms with Gasteiger partial charge in [-0.25, -0.2) is 0 Å². The number of aliphatic hydroxyl groups is 1. The number of carbonyl (C=O) groups excluding carboxylic acids is 2. The topological polar surface area (TPSA) is 72.8 Å². The van der Waals surface area contributed by atoms with Gasteiger partial charge in [0.1, 0.15) is 6.61 Å². The molecule has 0 amide bonds. The molecule has 72 heavy (non-hydrogen) atoms. The summed E-state index contributed by atoms with van der Waals surface area (Å²) in [6.07, 6.45) is 83.2. The zero-order valence-corrected chi connectivity index (χ0v) is 48.7. The second kappa shape index (κ2) is 63.4. The molecule has 0 aromatic heterocycles. The van der Waals surface area contributed by atoms with E-state index < -0.39 is 6.10 Å². The Bertz CT molecular complexity index is 1140. The summed E-state index contributed by atoms with van der Waals surface area (Å²) in [6, 6.07) is 0. The van der Waals surface area contributed by atoms with E-state index in [1.807, 2.05) is 0 Å². The quantitative estimate of drug-likeness (QED) is 0.0373. The van der Waals surface area contributed by atoms with Crippen LogP contribution in [0.5, 0.6) is 0 Å². The number of unbranched alkanes of at least 4 members (excludes halogenated alkanes) is 47. The number of ether oxygens (including phenoxy) is 2. The highest BCUT2D eigenvalue weighted by atomic mass is 16.6. The average molecular weight is 1010 g/mol. The van der Waals surface area contributed by atoms with Crippen molar-refractivity contribution in [3.05, 3.63) is 36.5 Å². The lowest BCUT2D eigenvalue weighted by molar-refractivity contribution is -0.161. The highest BCUT2D eigenvalue weighted by Gasteiger charge is 2.16. The van der Waals surface area contributed by atoms with Crippen LogP contribution in [0.25, 0.3) is 0 Å². The van der Waals surface area contributed by atoms with E-state index in [0.717, 1.165) is 57.8 Å². The van der Waals surface area contributed by atoms with Gasteiger partial charge >= 0.3 is 11.9 Å². The highest BCUT2D eigenvalue weighted by Crippen LogP contribution is 2.19. The van der Waals surface area contributed by atoms with Crippen LogP contribution in [0.1, 0.15) is 361 Å². The minimum absolute atomic E-state index is 0.0674. The van der Waals surface area contributed by atoms with Crippen LogP contribution in [-0.2, 0) is 19.1 Å². The molecular formula is C67H126O5. The predicted molar refractivity (Wildman–Crippen MR) is 316 cm³/mol. The standard InChI is InChI=1S/C67H126O5/c1-3-5-7-9-11-13-15-17-19-21-23-24-25-26-27-28-29-30-31-32-33-34-35-36-37-38-39-40-41-42-44-45-47-49-51-53-55-57-59-61-66(69)71-64-65(63-68)72-67(70)62-60-58-56-54-52-50-48-46-43-22-20-18-16-14-12-10-8-6-4-2/h12,14,18,20,43,46,65,68H,3-11,13,15-17,19,21-42,44-45,47-64H2,1-2H3/b14-12-,20-18-,46-43-. The van der Waals surface area contributed by atoms with Crippen molar-refractivity contribution >= 4 is 11.9 Å². The maximum atomic E-state index is 12.3. The van der Waals surface area contributed by atoms with Gasteiger partial charge < -0.3 is 14.6 Å². The van der Waals surface area contributed by atoms with E-state index in [1.165, 1.54) is 276 Å². The fourth-order valence-electron chi connectivity index (χ4n) is 10.0. The van der Waals surface area contributed by atoms with Gasteiger partial charge in [0.25, 0.3) is 0 Å². The second-order valence-corrected chi connectivity index (χ2v) is 22.2. The fourth-order valence-corrected chi connectivity index (χ4v) is 10.0. The predicted octanol–water partition coefficient (Wildman–Crippen LogP) is 22.2. The maximum Gasteiger partial charge on any atom is 0.306 e. The summed E-state index contributed by atoms with van der Waals surface area (Å²) in [4.78, 5) is 24.5. The van der Waals surface area contributed by atoms with Gasteiger partial charge in [-0.3, -0.25) is 9.59 Å². The lowest BCUT2D eigenvalue weighted by Gasteiger charge is -2.15. The number of aliphatic hydroxyl groups excluding tert-OH is 1. The van der Waals surface area contributed by atoms with E-state index >= 15 is 0 Å². The normalized spacial score (nSPS) is 12.3. The van der Waals surface area contributed by atoms with Crippen LogP contribution in [0, 0.1) is 0 Å². The van der Waals surface area contributed by atoms with Gasteiger partial charge in [0, 0.05) is 12.8 Å². The first kappa shape index (κ1) is 70.1. The van der Waals surface area contributed by atoms with Crippen LogP contribution in [-0.4, -0.2) is 36.4 Å². The van der Waals surface area contributed by atoms with Crippen molar-refractivity contribution in [3.8, 4) is 0 Å². The summed E-state index contributed by atoms with van der Waals surface area (Å²) >= 11 is 0. The molecule has 1 unspecified atom stereocenters. The number of hydrogen-bond donors (Lipinski definition) is 1. The van der Waals surface area contributed by atoms with Gasteiger partial charge in [0.05, 0.1) is 6.61 Å². The van der Waals surface area contributed by atoms with Crippen LogP contribution >= 0.6 is 0 Å². The number of esters is 2. The van der Waals surface area contributed by atoms with Crippen molar-refractivity contribution < 1.29 is 24.2 Å². The Hall–Kier alpha value is -1.88. The van der Waals surface area contributed by atoms with Crippen LogP contribution in [0.4, 0.5) is 0 Å². The third kappa shape index (κ3) is 60.7. The van der Waals surface area contributed by atoms with Crippen molar-refractivity contribution in [2.45, 2.75) is 367 Å². The Labute approximate surface area is 450 Å². The van der Waals surface area contributed by atoms with E-state index in [9.17, 15) is 14.7 Å². The molecule has 5 nitrogen and oxygen atoms in total. The third-order valence-electron chi connectivity index (χ3n) is 14.9. The maximum absolute atomic E-state index is 12.3. The molecule has 5 heteroatoms. The number of hydrogen-bond acceptors (Lipinski definition) is 5. The lowest BCUT2D eigenvalue weighted by atomic mass is 10.0. The smallest absolute Gasteiger partial charge is 0.306 e. The Morgan fingerprint density at radius 1 is 0.319 bits per heavy atom. The summed E-state index contributed by atoms with van der Waals surface area (Å²) in [5.41, 5.74) is 0. The van der Waals surface area contributed by atoms with Crippen molar-refractivity contribution in [3.63, 3.8) is 0 Å². The lowest BCUT2D eigenvalue weighted by Crippen LogP contribution is -2.28. The molecule has 0 spiro atoms. The Balaban J connectivity index is 3.36. The minimum atomic E-state index is -0.778. The van der Waals surface area contributed by atoms with E-state index in [4.69, 9.17) is 9.47 Å². The summed E-state index contributed by atoms with van der Waals surface area (Å²) in [7, 11) is 0. The highest BCUT2D eigenvalue weighted by molar-refractivity contribution is 5.70. The molecule has 0 radical (unpaired) electrons. The van der Waals surface area contributed by atoms with E-state index in [0.29, 0.717) is 12.8 Å². The van der Waals surface area contributed by atoms with Gasteiger partial charge in [0.2, 0.25) is 0 Å². The minimum Gasteiger partial charge on any atom is -0.462 e. The zero-order chi connectivity index (χ0) is 52.0. The molecule has 1 atom stereocenters. The first-order chi connectivity index (χ1) is 35.6. The van der Waals surface area contributed by atoms with E-state index in [-0.39, 0.29) is 25.2 Å². The Morgan fingerprint density at radius 3 is 0.861 bits per heavy atom. The van der Waals surface area contributed by atoms with Crippen molar-refractivity contribution in [1.29, 1.82) is 0 Å². The van der Waals surface area contributed by atoms with Gasteiger partial charge in [-0.2, -0.15) is 0 Å². The molecule has 0 bridgehead atoms. The summed E-state index contributed by atoms with van der Waals surface area (Å²) < 4.78 is 10.7. The van der Waals surface area contributed by atoms with Crippen LogP contribution in [0.15, 0.2) is 36.5 Å². The molecule has 0 aliphatic rings. The molecule has 0 saturated heterocycles. The van der Waals surface area contributed by atoms with Gasteiger partial charge in [-0.15, -0.1) is 0 Å². The van der Waals surface area contributed by atoms with Gasteiger partial charge in [-0.1, -0.05) is 333 Å². The van der Waals surface area contributed by atoms with Crippen LogP contribution in [0.3, 0.4) is 0 Å². The molecule has 0 rings (SSSR count). The molecule has 1 N–H and O–H groups in total. The van der Waals surface area contributed by atoms with Crippen molar-refractivity contribution in [2.75, 3.05) is 13.2 Å². The number of allylic oxidation sites excluding steroid dienone is 6. The fraction of sp³-hybridized carbons (Fsp3) is 0.881. The van der Waals surface area contributed by atoms with Crippen molar-refractivity contribution in [1.82, 2.24) is 0 Å². The molecule has 0 saturated carbocycles. The Morgan fingerprint density at radius 2 is 0.556 bits per heavy atom. The monoisotopic (exact) mass is 1010 g/mol. The van der Waals surface area contributed by atoms with Gasteiger partial charge in [-0.05, 0) is 51.4 Å². The molecule has 0 aromatic rings. The molecule has 0 aliphatic carbocycles.